The molecule has 112 valence electrons. The summed E-state index contributed by atoms with van der Waals surface area (Å²) in [6.45, 7) is 2.59. The third-order valence-electron chi connectivity index (χ3n) is 4.57. The number of anilines is 1. The predicted octanol–water partition coefficient (Wildman–Crippen LogP) is 3.23. The number of halogens is 1. The van der Waals surface area contributed by atoms with E-state index in [0.29, 0.717) is 23.0 Å². The summed E-state index contributed by atoms with van der Waals surface area (Å²) in [5, 5.41) is 4.14. The van der Waals surface area contributed by atoms with Gasteiger partial charge < -0.3 is 10.2 Å². The van der Waals surface area contributed by atoms with E-state index in [4.69, 9.17) is 11.6 Å². The van der Waals surface area contributed by atoms with Gasteiger partial charge in [0.05, 0.1) is 10.7 Å². The lowest BCUT2D eigenvalue weighted by Crippen LogP contribution is -2.32. The fourth-order valence-electron chi connectivity index (χ4n) is 3.56. The summed E-state index contributed by atoms with van der Waals surface area (Å²) >= 11 is 6.45. The number of rotatable bonds is 1. The molecule has 0 aliphatic carbocycles. The Labute approximate surface area is 134 Å². The van der Waals surface area contributed by atoms with Gasteiger partial charge in [-0.2, -0.15) is 0 Å². The Kier molecular flexibility index (Phi) is 3.40. The minimum absolute atomic E-state index is 0.0315. The lowest BCUT2D eigenvalue weighted by molar-refractivity contribution is 0.0988. The molecule has 2 aromatic rings. The van der Waals surface area contributed by atoms with Crippen LogP contribution in [0.1, 0.15) is 27.4 Å². The van der Waals surface area contributed by atoms with Crippen LogP contribution in [-0.4, -0.2) is 25.5 Å². The second-order valence-electron chi connectivity index (χ2n) is 5.90. The van der Waals surface area contributed by atoms with Crippen LogP contribution in [0.25, 0.3) is 0 Å². The molecular formula is C18H17ClN2O. The smallest absolute Gasteiger partial charge is 0.258 e. The standard InChI is InChI=1S/C18H17ClN2O/c19-15-7-6-12-8-9-20-10-14-11-21(17(15)16(12)14)18(22)13-4-2-1-3-5-13/h1-7,14,20H,8-11H2. The molecule has 1 amide bonds. The van der Waals surface area contributed by atoms with Crippen LogP contribution < -0.4 is 10.2 Å². The summed E-state index contributed by atoms with van der Waals surface area (Å²) in [6, 6.07) is 13.5. The topological polar surface area (TPSA) is 32.3 Å². The van der Waals surface area contributed by atoms with E-state index in [-0.39, 0.29) is 5.91 Å². The fourth-order valence-corrected chi connectivity index (χ4v) is 3.83. The van der Waals surface area contributed by atoms with E-state index in [9.17, 15) is 4.79 Å². The molecule has 0 fully saturated rings. The van der Waals surface area contributed by atoms with Crippen molar-refractivity contribution in [1.82, 2.24) is 5.32 Å². The summed E-state index contributed by atoms with van der Waals surface area (Å²) in [5.41, 5.74) is 4.21. The van der Waals surface area contributed by atoms with Gasteiger partial charge in [-0.3, -0.25) is 4.79 Å². The number of benzene rings is 2. The van der Waals surface area contributed by atoms with Crippen molar-refractivity contribution in [2.45, 2.75) is 12.3 Å². The van der Waals surface area contributed by atoms with Crippen LogP contribution in [0.5, 0.6) is 0 Å². The van der Waals surface area contributed by atoms with Gasteiger partial charge >= 0.3 is 0 Å². The van der Waals surface area contributed by atoms with Crippen LogP contribution in [0.2, 0.25) is 5.02 Å². The van der Waals surface area contributed by atoms with E-state index in [1.54, 1.807) is 0 Å². The molecule has 4 heteroatoms. The number of carbonyl (C=O) groups excluding carboxylic acids is 1. The largest absolute Gasteiger partial charge is 0.316 e. The molecule has 0 spiro atoms. The number of nitrogens with one attached hydrogen (secondary N) is 1. The van der Waals surface area contributed by atoms with Gasteiger partial charge in [0.15, 0.2) is 0 Å². The summed E-state index contributed by atoms with van der Waals surface area (Å²) in [7, 11) is 0. The molecule has 22 heavy (non-hydrogen) atoms. The third-order valence-corrected chi connectivity index (χ3v) is 4.87. The van der Waals surface area contributed by atoms with Crippen LogP contribution >= 0.6 is 11.6 Å². The van der Waals surface area contributed by atoms with Crippen molar-refractivity contribution in [3.8, 4) is 0 Å². The molecule has 0 aromatic heterocycles. The molecule has 0 radical (unpaired) electrons. The van der Waals surface area contributed by atoms with Gasteiger partial charge in [-0.25, -0.2) is 0 Å². The average molecular weight is 313 g/mol. The van der Waals surface area contributed by atoms with Gasteiger partial charge in [-0.15, -0.1) is 0 Å². The Balaban J connectivity index is 1.81. The molecule has 2 aromatic carbocycles. The van der Waals surface area contributed by atoms with Crippen LogP contribution in [0.15, 0.2) is 42.5 Å². The minimum Gasteiger partial charge on any atom is -0.316 e. The lowest BCUT2D eigenvalue weighted by Gasteiger charge is -2.20. The minimum atomic E-state index is 0.0315. The third kappa shape index (κ3) is 2.13. The zero-order valence-electron chi connectivity index (χ0n) is 12.2. The lowest BCUT2D eigenvalue weighted by atomic mass is 9.95. The van der Waals surface area contributed by atoms with Gasteiger partial charge in [0, 0.05) is 24.6 Å². The number of amides is 1. The van der Waals surface area contributed by atoms with Crippen molar-refractivity contribution < 1.29 is 4.79 Å². The first-order chi connectivity index (χ1) is 10.8. The number of hydrogen-bond donors (Lipinski definition) is 1. The van der Waals surface area contributed by atoms with E-state index in [1.807, 2.05) is 41.3 Å². The molecule has 1 unspecified atom stereocenters. The molecule has 0 saturated heterocycles. The SMILES string of the molecule is O=C(c1ccccc1)N1CC2CNCCc3ccc(Cl)c1c32. The maximum absolute atomic E-state index is 12.9. The maximum atomic E-state index is 12.9. The van der Waals surface area contributed by atoms with Gasteiger partial charge in [-0.05, 0) is 42.3 Å². The summed E-state index contributed by atoms with van der Waals surface area (Å²) in [6.07, 6.45) is 0.989. The summed E-state index contributed by atoms with van der Waals surface area (Å²) in [5.74, 6) is 0.364. The summed E-state index contributed by atoms with van der Waals surface area (Å²) < 4.78 is 0. The van der Waals surface area contributed by atoms with Crippen LogP contribution in [-0.2, 0) is 6.42 Å². The molecule has 4 rings (SSSR count). The second kappa shape index (κ2) is 5.41. The highest BCUT2D eigenvalue weighted by Crippen LogP contribution is 2.44. The Morgan fingerprint density at radius 3 is 2.82 bits per heavy atom. The predicted molar refractivity (Wildman–Crippen MR) is 88.9 cm³/mol. The first kappa shape index (κ1) is 13.8. The van der Waals surface area contributed by atoms with Gasteiger partial charge in [0.1, 0.15) is 0 Å². The normalized spacial score (nSPS) is 19.7. The maximum Gasteiger partial charge on any atom is 0.258 e. The van der Waals surface area contributed by atoms with Crippen molar-refractivity contribution in [3.05, 3.63) is 64.2 Å². The Morgan fingerprint density at radius 2 is 2.00 bits per heavy atom. The highest BCUT2D eigenvalue weighted by Gasteiger charge is 2.36. The molecule has 0 bridgehead atoms. The van der Waals surface area contributed by atoms with E-state index in [2.05, 4.69) is 11.4 Å². The Hall–Kier alpha value is -1.84. The summed E-state index contributed by atoms with van der Waals surface area (Å²) in [4.78, 5) is 14.7. The van der Waals surface area contributed by atoms with E-state index in [0.717, 1.165) is 25.2 Å². The fraction of sp³-hybridized carbons (Fsp3) is 0.278. The molecule has 0 saturated carbocycles. The zero-order chi connectivity index (χ0) is 15.1. The molecular weight excluding hydrogens is 296 g/mol. The molecule has 1 atom stereocenters. The molecule has 3 nitrogen and oxygen atoms in total. The molecule has 2 aliphatic rings. The zero-order valence-corrected chi connectivity index (χ0v) is 12.9. The average Bonchev–Trinajstić information content (AvgIpc) is 2.82. The monoisotopic (exact) mass is 312 g/mol. The van der Waals surface area contributed by atoms with E-state index >= 15 is 0 Å². The second-order valence-corrected chi connectivity index (χ2v) is 6.31. The highest BCUT2D eigenvalue weighted by molar-refractivity contribution is 6.34. The first-order valence-electron chi connectivity index (χ1n) is 7.64. The highest BCUT2D eigenvalue weighted by atomic mass is 35.5. The first-order valence-corrected chi connectivity index (χ1v) is 8.02. The van der Waals surface area contributed by atoms with Gasteiger partial charge in [0.2, 0.25) is 0 Å². The van der Waals surface area contributed by atoms with Crippen LogP contribution in [0.3, 0.4) is 0 Å². The van der Waals surface area contributed by atoms with E-state index in [1.165, 1.54) is 11.1 Å². The molecule has 2 aliphatic heterocycles. The Bertz CT molecular complexity index is 729. The van der Waals surface area contributed by atoms with Gasteiger partial charge in [0.25, 0.3) is 5.91 Å². The number of nitrogens with zero attached hydrogens (tertiary/aromatic N) is 1. The van der Waals surface area contributed by atoms with Crippen LogP contribution in [0.4, 0.5) is 5.69 Å². The van der Waals surface area contributed by atoms with Crippen molar-refractivity contribution in [3.63, 3.8) is 0 Å². The quantitative estimate of drug-likeness (QED) is 0.877. The number of carbonyl (C=O) groups is 1. The van der Waals surface area contributed by atoms with Crippen molar-refractivity contribution in [2.75, 3.05) is 24.5 Å². The van der Waals surface area contributed by atoms with Crippen molar-refractivity contribution >= 4 is 23.2 Å². The van der Waals surface area contributed by atoms with Gasteiger partial charge in [-0.1, -0.05) is 35.9 Å². The Morgan fingerprint density at radius 1 is 1.18 bits per heavy atom. The van der Waals surface area contributed by atoms with Crippen LogP contribution in [0, 0.1) is 0 Å². The molecule has 2 heterocycles. The van der Waals surface area contributed by atoms with Crippen molar-refractivity contribution in [1.29, 1.82) is 0 Å². The number of hydrogen-bond acceptors (Lipinski definition) is 2. The van der Waals surface area contributed by atoms with Crippen molar-refractivity contribution in [2.24, 2.45) is 0 Å². The van der Waals surface area contributed by atoms with E-state index < -0.39 is 0 Å². The molecule has 1 N–H and O–H groups in total.